The number of carbonyl (C=O) groups excluding carboxylic acids is 1. The predicted molar refractivity (Wildman–Crippen MR) is 57.3 cm³/mol. The molecule has 1 aromatic heterocycles. The van der Waals surface area contributed by atoms with Gasteiger partial charge in [0.2, 0.25) is 5.91 Å². The molecule has 0 saturated heterocycles. The number of rotatable bonds is 2. The summed E-state index contributed by atoms with van der Waals surface area (Å²) in [7, 11) is 1.48. The van der Waals surface area contributed by atoms with Gasteiger partial charge in [-0.05, 0) is 6.92 Å². The van der Waals surface area contributed by atoms with Crippen molar-refractivity contribution in [2.75, 3.05) is 7.05 Å². The summed E-state index contributed by atoms with van der Waals surface area (Å²) in [4.78, 5) is 26.6. The molecule has 5 nitrogen and oxygen atoms in total. The Hall–Kier alpha value is -1.07. The Labute approximate surface area is 96.0 Å². The molecule has 1 unspecified atom stereocenters. The van der Waals surface area contributed by atoms with E-state index in [2.05, 4.69) is 10.3 Å². The molecule has 1 N–H and O–H groups in total. The molecule has 1 atom stereocenters. The summed E-state index contributed by atoms with van der Waals surface area (Å²) in [5.41, 5.74) is -0.534. The van der Waals surface area contributed by atoms with Crippen molar-refractivity contribution in [2.45, 2.75) is 13.0 Å². The van der Waals surface area contributed by atoms with Gasteiger partial charge in [-0.2, -0.15) is 0 Å². The molecule has 0 aromatic carbocycles. The second-order valence-corrected chi connectivity index (χ2v) is 3.59. The van der Waals surface area contributed by atoms with Crippen molar-refractivity contribution in [1.29, 1.82) is 0 Å². The molecular formula is C8H9Cl2N3O2. The maximum absolute atomic E-state index is 11.6. The molecule has 1 rings (SSSR count). The number of halogens is 2. The van der Waals surface area contributed by atoms with Crippen LogP contribution in [0.2, 0.25) is 10.2 Å². The van der Waals surface area contributed by atoms with E-state index in [4.69, 9.17) is 23.2 Å². The number of amides is 1. The summed E-state index contributed by atoms with van der Waals surface area (Å²) in [6.45, 7) is 1.56. The summed E-state index contributed by atoms with van der Waals surface area (Å²) in [5.74, 6) is -0.308. The molecule has 0 aliphatic heterocycles. The average molecular weight is 250 g/mol. The number of aromatic nitrogens is 2. The second kappa shape index (κ2) is 4.63. The quantitative estimate of drug-likeness (QED) is 0.791. The highest BCUT2D eigenvalue weighted by Crippen LogP contribution is 2.14. The van der Waals surface area contributed by atoms with Crippen LogP contribution in [0.5, 0.6) is 0 Å². The number of nitrogens with zero attached hydrogens (tertiary/aromatic N) is 2. The van der Waals surface area contributed by atoms with E-state index in [0.29, 0.717) is 0 Å². The zero-order valence-electron chi connectivity index (χ0n) is 8.12. The lowest BCUT2D eigenvalue weighted by atomic mass is 10.3. The Morgan fingerprint density at radius 2 is 2.20 bits per heavy atom. The highest BCUT2D eigenvalue weighted by atomic mass is 35.5. The largest absolute Gasteiger partial charge is 0.357 e. The Bertz CT molecular complexity index is 444. The SMILES string of the molecule is CNC(=O)C(C)n1cnc(Cl)c(Cl)c1=O. The Morgan fingerprint density at radius 3 is 2.73 bits per heavy atom. The molecule has 1 aromatic rings. The zero-order chi connectivity index (χ0) is 11.6. The van der Waals surface area contributed by atoms with Crippen LogP contribution in [0.1, 0.15) is 13.0 Å². The van der Waals surface area contributed by atoms with Gasteiger partial charge in [0.1, 0.15) is 17.4 Å². The van der Waals surface area contributed by atoms with Gasteiger partial charge < -0.3 is 5.32 Å². The van der Waals surface area contributed by atoms with Crippen molar-refractivity contribution < 1.29 is 4.79 Å². The predicted octanol–water partition coefficient (Wildman–Crippen LogP) is 0.857. The van der Waals surface area contributed by atoms with Crippen molar-refractivity contribution in [2.24, 2.45) is 0 Å². The van der Waals surface area contributed by atoms with Crippen molar-refractivity contribution in [3.05, 3.63) is 26.9 Å². The van der Waals surface area contributed by atoms with Crippen molar-refractivity contribution in [1.82, 2.24) is 14.9 Å². The smallest absolute Gasteiger partial charge is 0.274 e. The van der Waals surface area contributed by atoms with Gasteiger partial charge in [0, 0.05) is 7.05 Å². The Balaban J connectivity index is 3.22. The van der Waals surface area contributed by atoms with E-state index in [9.17, 15) is 9.59 Å². The van der Waals surface area contributed by atoms with Crippen molar-refractivity contribution in [3.63, 3.8) is 0 Å². The van der Waals surface area contributed by atoms with Crippen molar-refractivity contribution >= 4 is 29.1 Å². The number of hydrogen-bond acceptors (Lipinski definition) is 3. The molecule has 0 aliphatic rings. The maximum Gasteiger partial charge on any atom is 0.274 e. The molecule has 15 heavy (non-hydrogen) atoms. The first kappa shape index (κ1) is 12.0. The molecule has 0 saturated carbocycles. The minimum absolute atomic E-state index is 0.0676. The van der Waals surface area contributed by atoms with Crippen LogP contribution in [0, 0.1) is 0 Å². The van der Waals surface area contributed by atoms with Crippen molar-refractivity contribution in [3.8, 4) is 0 Å². The summed E-state index contributed by atoms with van der Waals surface area (Å²) < 4.78 is 1.12. The van der Waals surface area contributed by atoms with Crippen LogP contribution in [0.3, 0.4) is 0 Å². The molecular weight excluding hydrogens is 241 g/mol. The first-order valence-electron chi connectivity index (χ1n) is 4.12. The average Bonchev–Trinajstić information content (AvgIpc) is 2.24. The van der Waals surface area contributed by atoms with Gasteiger partial charge in [0.25, 0.3) is 5.56 Å². The summed E-state index contributed by atoms with van der Waals surface area (Å²) in [6.07, 6.45) is 1.19. The number of likely N-dealkylation sites (N-methyl/N-ethyl adjacent to an activating group) is 1. The third-order valence-corrected chi connectivity index (χ3v) is 2.67. The first-order valence-corrected chi connectivity index (χ1v) is 4.88. The van der Waals surface area contributed by atoms with Crippen LogP contribution in [0.25, 0.3) is 0 Å². The molecule has 0 bridgehead atoms. The van der Waals surface area contributed by atoms with E-state index in [0.717, 1.165) is 4.57 Å². The fourth-order valence-electron chi connectivity index (χ4n) is 1.03. The highest BCUT2D eigenvalue weighted by Gasteiger charge is 2.17. The fraction of sp³-hybridized carbons (Fsp3) is 0.375. The minimum Gasteiger partial charge on any atom is -0.357 e. The molecule has 0 fully saturated rings. The van der Waals surface area contributed by atoms with Gasteiger partial charge >= 0.3 is 0 Å². The van der Waals surface area contributed by atoms with Crippen LogP contribution in [-0.4, -0.2) is 22.5 Å². The third-order valence-electron chi connectivity index (χ3n) is 1.94. The second-order valence-electron chi connectivity index (χ2n) is 2.85. The monoisotopic (exact) mass is 249 g/mol. The lowest BCUT2D eigenvalue weighted by Gasteiger charge is -2.12. The maximum atomic E-state index is 11.6. The zero-order valence-corrected chi connectivity index (χ0v) is 9.63. The molecule has 0 aliphatic carbocycles. The first-order chi connectivity index (χ1) is 6.99. The number of carbonyl (C=O) groups is 1. The molecule has 1 heterocycles. The van der Waals surface area contributed by atoms with E-state index in [1.165, 1.54) is 13.4 Å². The van der Waals surface area contributed by atoms with E-state index < -0.39 is 11.6 Å². The van der Waals surface area contributed by atoms with E-state index >= 15 is 0 Å². The van der Waals surface area contributed by atoms with Gasteiger partial charge in [-0.3, -0.25) is 14.2 Å². The summed E-state index contributed by atoms with van der Waals surface area (Å²) >= 11 is 11.2. The normalized spacial score (nSPS) is 12.3. The van der Waals surface area contributed by atoms with Crippen LogP contribution < -0.4 is 10.9 Å². The van der Waals surface area contributed by atoms with E-state index in [1.54, 1.807) is 6.92 Å². The molecule has 82 valence electrons. The molecule has 1 amide bonds. The molecule has 0 spiro atoms. The van der Waals surface area contributed by atoms with Gasteiger partial charge in [0.05, 0.1) is 0 Å². The molecule has 0 radical (unpaired) electrons. The Kier molecular flexibility index (Phi) is 3.71. The van der Waals surface area contributed by atoms with Crippen LogP contribution in [0.4, 0.5) is 0 Å². The lowest BCUT2D eigenvalue weighted by Crippen LogP contribution is -2.34. The van der Waals surface area contributed by atoms with Crippen LogP contribution in [0.15, 0.2) is 11.1 Å². The van der Waals surface area contributed by atoms with Crippen LogP contribution in [-0.2, 0) is 4.79 Å². The van der Waals surface area contributed by atoms with E-state index in [-0.39, 0.29) is 16.1 Å². The summed E-state index contributed by atoms with van der Waals surface area (Å²) in [6, 6.07) is -0.676. The number of nitrogens with one attached hydrogen (secondary N) is 1. The third kappa shape index (κ3) is 2.30. The van der Waals surface area contributed by atoms with Crippen LogP contribution >= 0.6 is 23.2 Å². The van der Waals surface area contributed by atoms with Gasteiger partial charge in [0.15, 0.2) is 5.15 Å². The highest BCUT2D eigenvalue weighted by molar-refractivity contribution is 6.40. The molecule has 7 heteroatoms. The van der Waals surface area contributed by atoms with Gasteiger partial charge in [-0.1, -0.05) is 23.2 Å². The lowest BCUT2D eigenvalue weighted by molar-refractivity contribution is -0.123. The van der Waals surface area contributed by atoms with Gasteiger partial charge in [-0.15, -0.1) is 0 Å². The fourth-order valence-corrected chi connectivity index (χ4v) is 1.31. The summed E-state index contributed by atoms with van der Waals surface area (Å²) in [5, 5.41) is 2.17. The number of hydrogen-bond donors (Lipinski definition) is 1. The van der Waals surface area contributed by atoms with E-state index in [1.807, 2.05) is 0 Å². The Morgan fingerprint density at radius 1 is 1.60 bits per heavy atom. The van der Waals surface area contributed by atoms with Gasteiger partial charge in [-0.25, -0.2) is 4.98 Å². The minimum atomic E-state index is -0.676. The standard InChI is InChI=1S/C8H9Cl2N3O2/c1-4(7(14)11-2)13-3-12-6(10)5(9)8(13)15/h3-4H,1-2H3,(H,11,14). The topological polar surface area (TPSA) is 64.0 Å².